The first-order valence-electron chi connectivity index (χ1n) is 6.48. The van der Waals surface area contributed by atoms with Gasteiger partial charge in [0, 0.05) is 19.1 Å². The number of likely N-dealkylation sites (N-methyl/N-ethyl adjacent to an activating group) is 1. The summed E-state index contributed by atoms with van der Waals surface area (Å²) in [7, 11) is 2.25. The summed E-state index contributed by atoms with van der Waals surface area (Å²) in [6, 6.07) is 0.906. The Balaban J connectivity index is 1.46. The lowest BCUT2D eigenvalue weighted by atomic mass is 10.00. The van der Waals surface area contributed by atoms with Gasteiger partial charge in [-0.2, -0.15) is 0 Å². The zero-order valence-electron chi connectivity index (χ0n) is 9.97. The van der Waals surface area contributed by atoms with Gasteiger partial charge in [0.1, 0.15) is 0 Å². The Labute approximate surface area is 93.6 Å². The molecule has 1 saturated carbocycles. The summed E-state index contributed by atoms with van der Waals surface area (Å²) >= 11 is 0. The average molecular weight is 211 g/mol. The molecule has 1 aliphatic heterocycles. The maximum atomic E-state index is 3.59. The van der Waals surface area contributed by atoms with Crippen LogP contribution in [0.5, 0.6) is 0 Å². The highest BCUT2D eigenvalue weighted by Gasteiger charge is 2.25. The lowest BCUT2D eigenvalue weighted by molar-refractivity contribution is 0.307. The highest BCUT2D eigenvalue weighted by molar-refractivity contribution is 4.82. The van der Waals surface area contributed by atoms with Gasteiger partial charge in [-0.15, -0.1) is 0 Å². The van der Waals surface area contributed by atoms with Crippen molar-refractivity contribution in [3.63, 3.8) is 0 Å². The summed E-state index contributed by atoms with van der Waals surface area (Å²) in [6.07, 6.45) is 5.60. The normalized spacial score (nSPS) is 27.2. The van der Waals surface area contributed by atoms with E-state index in [2.05, 4.69) is 22.6 Å². The summed E-state index contributed by atoms with van der Waals surface area (Å²) in [6.45, 7) is 6.01. The van der Waals surface area contributed by atoms with Crippen molar-refractivity contribution in [2.24, 2.45) is 5.92 Å². The maximum Gasteiger partial charge on any atom is 0.0107 e. The minimum atomic E-state index is 0.866. The molecule has 1 heterocycles. The molecule has 0 amide bonds. The predicted octanol–water partition coefficient (Wildman–Crippen LogP) is 0.670. The summed E-state index contributed by atoms with van der Waals surface area (Å²) in [4.78, 5) is 2.49. The van der Waals surface area contributed by atoms with E-state index in [1.807, 2.05) is 0 Å². The van der Waals surface area contributed by atoms with Crippen LogP contribution in [0.15, 0.2) is 0 Å². The second-order valence-corrected chi connectivity index (χ2v) is 5.13. The number of rotatable bonds is 6. The molecule has 88 valence electrons. The van der Waals surface area contributed by atoms with Crippen LogP contribution in [0.25, 0.3) is 0 Å². The molecule has 0 spiro atoms. The second-order valence-electron chi connectivity index (χ2n) is 5.13. The van der Waals surface area contributed by atoms with Gasteiger partial charge in [-0.3, -0.25) is 0 Å². The van der Waals surface area contributed by atoms with E-state index < -0.39 is 0 Å². The van der Waals surface area contributed by atoms with Crippen molar-refractivity contribution in [1.82, 2.24) is 15.5 Å². The summed E-state index contributed by atoms with van der Waals surface area (Å²) in [5.74, 6) is 0.866. The Hall–Kier alpha value is -0.120. The van der Waals surface area contributed by atoms with Gasteiger partial charge >= 0.3 is 0 Å². The molecule has 2 fully saturated rings. The van der Waals surface area contributed by atoms with Gasteiger partial charge in [0.15, 0.2) is 0 Å². The topological polar surface area (TPSA) is 27.3 Å². The van der Waals surface area contributed by atoms with Crippen molar-refractivity contribution >= 4 is 0 Å². The van der Waals surface area contributed by atoms with Crippen LogP contribution in [0, 0.1) is 5.92 Å². The van der Waals surface area contributed by atoms with E-state index in [4.69, 9.17) is 0 Å². The predicted molar refractivity (Wildman–Crippen MR) is 64.1 cm³/mol. The summed E-state index contributed by atoms with van der Waals surface area (Å²) in [5.41, 5.74) is 0. The number of piperidine rings is 1. The molecule has 0 radical (unpaired) electrons. The van der Waals surface area contributed by atoms with Crippen molar-refractivity contribution in [1.29, 1.82) is 0 Å². The molecular formula is C12H25N3. The molecule has 0 aromatic carbocycles. The molecule has 0 aromatic rings. The molecule has 1 atom stereocenters. The standard InChI is InChI=1S/C12H25N3/c1-15(12-4-5-12)8-7-14-10-11-3-2-6-13-9-11/h11-14H,2-10H2,1H3. The van der Waals surface area contributed by atoms with Crippen LogP contribution in [-0.2, 0) is 0 Å². The molecule has 1 aliphatic carbocycles. The van der Waals surface area contributed by atoms with E-state index in [0.717, 1.165) is 18.5 Å². The van der Waals surface area contributed by atoms with E-state index in [-0.39, 0.29) is 0 Å². The van der Waals surface area contributed by atoms with Crippen molar-refractivity contribution in [3.8, 4) is 0 Å². The molecule has 0 bridgehead atoms. The van der Waals surface area contributed by atoms with Crippen LogP contribution in [0.1, 0.15) is 25.7 Å². The Morgan fingerprint density at radius 2 is 2.20 bits per heavy atom. The van der Waals surface area contributed by atoms with Crippen LogP contribution in [0.4, 0.5) is 0 Å². The number of hydrogen-bond acceptors (Lipinski definition) is 3. The molecule has 15 heavy (non-hydrogen) atoms. The van der Waals surface area contributed by atoms with Gasteiger partial charge in [0.05, 0.1) is 0 Å². The molecular weight excluding hydrogens is 186 g/mol. The molecule has 1 unspecified atom stereocenters. The summed E-state index contributed by atoms with van der Waals surface area (Å²) in [5, 5.41) is 7.05. The van der Waals surface area contributed by atoms with Gasteiger partial charge in [0.2, 0.25) is 0 Å². The average Bonchev–Trinajstić information content (AvgIpc) is 3.09. The first kappa shape index (κ1) is 11.4. The Morgan fingerprint density at radius 1 is 1.33 bits per heavy atom. The van der Waals surface area contributed by atoms with E-state index >= 15 is 0 Å². The van der Waals surface area contributed by atoms with Crippen molar-refractivity contribution in [2.45, 2.75) is 31.7 Å². The largest absolute Gasteiger partial charge is 0.316 e. The SMILES string of the molecule is CN(CCNCC1CCCNC1)C1CC1. The monoisotopic (exact) mass is 211 g/mol. The van der Waals surface area contributed by atoms with Gasteiger partial charge in [-0.25, -0.2) is 0 Å². The molecule has 2 aliphatic rings. The molecule has 2 N–H and O–H groups in total. The smallest absolute Gasteiger partial charge is 0.0107 e. The highest BCUT2D eigenvalue weighted by Crippen LogP contribution is 2.24. The molecule has 3 heteroatoms. The second kappa shape index (κ2) is 5.83. The Kier molecular flexibility index (Phi) is 4.42. The number of nitrogens with zero attached hydrogens (tertiary/aromatic N) is 1. The zero-order chi connectivity index (χ0) is 10.5. The first-order chi connectivity index (χ1) is 7.36. The third-order valence-electron chi connectivity index (χ3n) is 3.64. The number of hydrogen-bond donors (Lipinski definition) is 2. The molecule has 2 rings (SSSR count). The maximum absolute atomic E-state index is 3.59. The van der Waals surface area contributed by atoms with Crippen LogP contribution in [0.3, 0.4) is 0 Å². The lowest BCUT2D eigenvalue weighted by Gasteiger charge is -2.23. The first-order valence-corrected chi connectivity index (χ1v) is 6.48. The number of nitrogens with one attached hydrogen (secondary N) is 2. The third kappa shape index (κ3) is 4.09. The van der Waals surface area contributed by atoms with Crippen molar-refractivity contribution < 1.29 is 0 Å². The van der Waals surface area contributed by atoms with Crippen LogP contribution < -0.4 is 10.6 Å². The lowest BCUT2D eigenvalue weighted by Crippen LogP contribution is -2.38. The third-order valence-corrected chi connectivity index (χ3v) is 3.64. The van der Waals surface area contributed by atoms with E-state index in [1.54, 1.807) is 0 Å². The van der Waals surface area contributed by atoms with E-state index in [0.29, 0.717) is 0 Å². The molecule has 3 nitrogen and oxygen atoms in total. The van der Waals surface area contributed by atoms with Crippen LogP contribution in [0.2, 0.25) is 0 Å². The fraction of sp³-hybridized carbons (Fsp3) is 1.00. The fourth-order valence-corrected chi connectivity index (χ4v) is 2.36. The Bertz CT molecular complexity index is 174. The summed E-state index contributed by atoms with van der Waals surface area (Å²) < 4.78 is 0. The van der Waals surface area contributed by atoms with Crippen molar-refractivity contribution in [3.05, 3.63) is 0 Å². The quantitative estimate of drug-likeness (QED) is 0.632. The van der Waals surface area contributed by atoms with E-state index in [9.17, 15) is 0 Å². The minimum Gasteiger partial charge on any atom is -0.316 e. The van der Waals surface area contributed by atoms with Crippen LogP contribution in [-0.4, -0.2) is 50.7 Å². The molecule has 0 aromatic heterocycles. The fourth-order valence-electron chi connectivity index (χ4n) is 2.36. The van der Waals surface area contributed by atoms with Crippen molar-refractivity contribution in [2.75, 3.05) is 39.8 Å². The highest BCUT2D eigenvalue weighted by atomic mass is 15.2. The van der Waals surface area contributed by atoms with Gasteiger partial charge < -0.3 is 15.5 Å². The van der Waals surface area contributed by atoms with Gasteiger partial charge in [-0.1, -0.05) is 0 Å². The van der Waals surface area contributed by atoms with E-state index in [1.165, 1.54) is 51.9 Å². The molecule has 1 saturated heterocycles. The zero-order valence-corrected chi connectivity index (χ0v) is 9.97. The van der Waals surface area contributed by atoms with Gasteiger partial charge in [0.25, 0.3) is 0 Å². The van der Waals surface area contributed by atoms with Gasteiger partial charge in [-0.05, 0) is 58.3 Å². The Morgan fingerprint density at radius 3 is 2.87 bits per heavy atom. The minimum absolute atomic E-state index is 0.866. The van der Waals surface area contributed by atoms with Crippen LogP contribution >= 0.6 is 0 Å².